The molecule has 1 aliphatic heterocycles. The summed E-state index contributed by atoms with van der Waals surface area (Å²) in [5.41, 5.74) is 6.81. The molecule has 0 aromatic heterocycles. The predicted octanol–water partition coefficient (Wildman–Crippen LogP) is 2.05. The van der Waals surface area contributed by atoms with Gasteiger partial charge < -0.3 is 5.73 Å². The average Bonchev–Trinajstić information content (AvgIpc) is 2.36. The van der Waals surface area contributed by atoms with Crippen LogP contribution in [0.2, 0.25) is 0 Å². The van der Waals surface area contributed by atoms with Crippen LogP contribution in [0.15, 0.2) is 21.5 Å². The van der Waals surface area contributed by atoms with Crippen molar-refractivity contribution in [3.8, 4) is 0 Å². The van der Waals surface area contributed by atoms with Gasteiger partial charge >= 0.3 is 0 Å². The highest BCUT2D eigenvalue weighted by Gasteiger charge is 2.37. The van der Waals surface area contributed by atoms with Crippen LogP contribution in [0, 0.1) is 6.92 Å². The zero-order chi connectivity index (χ0) is 16.0. The van der Waals surface area contributed by atoms with Crippen LogP contribution in [0.1, 0.15) is 19.4 Å². The Bertz CT molecular complexity index is 658. The minimum absolute atomic E-state index is 0.180. The molecular formula is C14H22BrN3O2S. The van der Waals surface area contributed by atoms with Gasteiger partial charge in [0.05, 0.1) is 4.90 Å². The van der Waals surface area contributed by atoms with Crippen LogP contribution in [-0.2, 0) is 10.0 Å². The first-order chi connectivity index (χ1) is 9.55. The van der Waals surface area contributed by atoms with Crippen molar-refractivity contribution in [3.63, 3.8) is 0 Å². The Labute approximate surface area is 135 Å². The quantitative estimate of drug-likeness (QED) is 0.803. The predicted molar refractivity (Wildman–Crippen MR) is 88.8 cm³/mol. The Kier molecular flexibility index (Phi) is 4.41. The van der Waals surface area contributed by atoms with Crippen LogP contribution < -0.4 is 5.73 Å². The number of nitrogens with two attached hydrogens (primary N) is 1. The Morgan fingerprint density at radius 1 is 1.29 bits per heavy atom. The minimum atomic E-state index is -3.52. The number of aryl methyl sites for hydroxylation is 1. The number of nitrogen functional groups attached to an aromatic ring is 1. The normalized spacial score (nSPS) is 20.6. The van der Waals surface area contributed by atoms with Gasteiger partial charge in [-0.25, -0.2) is 8.42 Å². The van der Waals surface area contributed by atoms with Crippen molar-refractivity contribution in [2.75, 3.05) is 32.4 Å². The highest BCUT2D eigenvalue weighted by atomic mass is 79.9. The Hall–Kier alpha value is -0.630. The minimum Gasteiger partial charge on any atom is -0.398 e. The Morgan fingerprint density at radius 2 is 1.90 bits per heavy atom. The topological polar surface area (TPSA) is 66.6 Å². The largest absolute Gasteiger partial charge is 0.398 e. The third-order valence-corrected chi connectivity index (χ3v) is 6.87. The zero-order valence-corrected chi connectivity index (χ0v) is 15.3. The maximum absolute atomic E-state index is 12.9. The summed E-state index contributed by atoms with van der Waals surface area (Å²) in [6.07, 6.45) is 0. The smallest absolute Gasteiger partial charge is 0.243 e. The number of likely N-dealkylation sites (N-methyl/N-ethyl adjacent to an activating group) is 1. The van der Waals surface area contributed by atoms with Crippen LogP contribution in [0.3, 0.4) is 0 Å². The molecule has 0 bridgehead atoms. The average molecular weight is 376 g/mol. The van der Waals surface area contributed by atoms with Gasteiger partial charge in [0.2, 0.25) is 10.0 Å². The summed E-state index contributed by atoms with van der Waals surface area (Å²) >= 11 is 3.33. The maximum atomic E-state index is 12.9. The van der Waals surface area contributed by atoms with Gasteiger partial charge in [0.1, 0.15) is 0 Å². The van der Waals surface area contributed by atoms with Crippen LogP contribution in [0.4, 0.5) is 5.69 Å². The molecule has 1 saturated heterocycles. The third-order valence-electron chi connectivity index (χ3n) is 4.19. The molecule has 2 N–H and O–H groups in total. The van der Waals surface area contributed by atoms with Gasteiger partial charge in [-0.05, 0) is 61.4 Å². The number of hydrogen-bond donors (Lipinski definition) is 1. The van der Waals surface area contributed by atoms with Crippen LogP contribution in [-0.4, -0.2) is 49.8 Å². The summed E-state index contributed by atoms with van der Waals surface area (Å²) < 4.78 is 28.1. The molecule has 7 heteroatoms. The zero-order valence-electron chi connectivity index (χ0n) is 12.9. The fourth-order valence-corrected chi connectivity index (χ4v) is 4.77. The van der Waals surface area contributed by atoms with E-state index in [1.54, 1.807) is 23.4 Å². The van der Waals surface area contributed by atoms with E-state index in [0.29, 0.717) is 29.2 Å². The molecule has 21 heavy (non-hydrogen) atoms. The van der Waals surface area contributed by atoms with Crippen molar-refractivity contribution in [2.24, 2.45) is 0 Å². The Balaban J connectivity index is 2.42. The molecule has 1 aromatic carbocycles. The van der Waals surface area contributed by atoms with Gasteiger partial charge in [0, 0.05) is 35.3 Å². The summed E-state index contributed by atoms with van der Waals surface area (Å²) in [4.78, 5) is 2.48. The number of piperazine rings is 1. The number of rotatable bonds is 2. The number of halogens is 1. The molecule has 5 nitrogen and oxygen atoms in total. The first-order valence-electron chi connectivity index (χ1n) is 6.83. The summed E-state index contributed by atoms with van der Waals surface area (Å²) in [6.45, 7) is 7.59. The molecule has 1 aliphatic rings. The molecule has 1 aromatic rings. The summed E-state index contributed by atoms with van der Waals surface area (Å²) in [5.74, 6) is 0. The number of benzene rings is 1. The van der Waals surface area contributed by atoms with Gasteiger partial charge in [-0.2, -0.15) is 4.31 Å². The van der Waals surface area contributed by atoms with Crippen molar-refractivity contribution >= 4 is 31.6 Å². The second-order valence-electron chi connectivity index (χ2n) is 6.21. The molecule has 2 rings (SSSR count). The van der Waals surface area contributed by atoms with Crippen molar-refractivity contribution < 1.29 is 8.42 Å². The highest BCUT2D eigenvalue weighted by molar-refractivity contribution is 9.10. The van der Waals surface area contributed by atoms with E-state index in [9.17, 15) is 8.42 Å². The lowest BCUT2D eigenvalue weighted by molar-refractivity contribution is 0.0801. The summed E-state index contributed by atoms with van der Waals surface area (Å²) in [7, 11) is -1.50. The van der Waals surface area contributed by atoms with E-state index < -0.39 is 10.0 Å². The lowest BCUT2D eigenvalue weighted by atomic mass is 10.0. The number of sulfonamides is 1. The fourth-order valence-electron chi connectivity index (χ4n) is 2.49. The molecule has 118 valence electrons. The van der Waals surface area contributed by atoms with E-state index in [1.807, 2.05) is 7.05 Å². The number of nitrogens with zero attached hydrogens (tertiary/aromatic N) is 2. The monoisotopic (exact) mass is 375 g/mol. The van der Waals surface area contributed by atoms with E-state index in [0.717, 1.165) is 11.0 Å². The highest BCUT2D eigenvalue weighted by Crippen LogP contribution is 2.30. The van der Waals surface area contributed by atoms with Crippen molar-refractivity contribution in [1.29, 1.82) is 0 Å². The van der Waals surface area contributed by atoms with Crippen molar-refractivity contribution in [3.05, 3.63) is 22.2 Å². The van der Waals surface area contributed by atoms with Crippen molar-refractivity contribution in [2.45, 2.75) is 31.2 Å². The standard InChI is InChI=1S/C14H22BrN3O2S/c1-10-7-11(15)12(16)8-13(10)21(19,20)18-6-5-17(4)14(2,3)9-18/h7-8H,5-6,9,16H2,1-4H3. The van der Waals surface area contributed by atoms with Gasteiger partial charge in [0.25, 0.3) is 0 Å². The van der Waals surface area contributed by atoms with E-state index in [4.69, 9.17) is 5.73 Å². The van der Waals surface area contributed by atoms with Gasteiger partial charge in [-0.1, -0.05) is 0 Å². The molecule has 0 atom stereocenters. The Morgan fingerprint density at radius 3 is 2.48 bits per heavy atom. The van der Waals surface area contributed by atoms with E-state index in [-0.39, 0.29) is 5.54 Å². The summed E-state index contributed by atoms with van der Waals surface area (Å²) in [5, 5.41) is 0. The molecule has 0 spiro atoms. The molecule has 0 saturated carbocycles. The molecule has 1 fully saturated rings. The maximum Gasteiger partial charge on any atom is 0.243 e. The van der Waals surface area contributed by atoms with Gasteiger partial charge in [-0.15, -0.1) is 0 Å². The van der Waals surface area contributed by atoms with E-state index >= 15 is 0 Å². The van der Waals surface area contributed by atoms with Gasteiger partial charge in [0.15, 0.2) is 0 Å². The molecular weight excluding hydrogens is 354 g/mol. The molecule has 0 amide bonds. The molecule has 0 radical (unpaired) electrons. The van der Waals surface area contributed by atoms with E-state index in [2.05, 4.69) is 34.7 Å². The first-order valence-corrected chi connectivity index (χ1v) is 9.06. The molecule has 1 heterocycles. The van der Waals surface area contributed by atoms with Crippen LogP contribution in [0.25, 0.3) is 0 Å². The second-order valence-corrected chi connectivity index (χ2v) is 8.97. The lowest BCUT2D eigenvalue weighted by Gasteiger charge is -2.44. The van der Waals surface area contributed by atoms with Gasteiger partial charge in [-0.3, -0.25) is 4.90 Å². The van der Waals surface area contributed by atoms with Crippen molar-refractivity contribution in [1.82, 2.24) is 9.21 Å². The number of hydrogen-bond acceptors (Lipinski definition) is 4. The molecule has 0 aliphatic carbocycles. The van der Waals surface area contributed by atoms with Crippen LogP contribution in [0.5, 0.6) is 0 Å². The first kappa shape index (κ1) is 16.7. The van der Waals surface area contributed by atoms with E-state index in [1.165, 1.54) is 0 Å². The SMILES string of the molecule is Cc1cc(Br)c(N)cc1S(=O)(=O)N1CCN(C)C(C)(C)C1. The van der Waals surface area contributed by atoms with Crippen LogP contribution >= 0.6 is 15.9 Å². The third kappa shape index (κ3) is 3.11. The lowest BCUT2D eigenvalue weighted by Crippen LogP contribution is -2.58. The fraction of sp³-hybridized carbons (Fsp3) is 0.571. The number of anilines is 1. The second kappa shape index (κ2) is 5.53. The molecule has 0 unspecified atom stereocenters. The summed E-state index contributed by atoms with van der Waals surface area (Å²) in [6, 6.07) is 3.30.